The molecule has 0 unspecified atom stereocenters. The lowest BCUT2D eigenvalue weighted by atomic mass is 9.94. The van der Waals surface area contributed by atoms with Gasteiger partial charge in [0.05, 0.1) is 23.8 Å². The van der Waals surface area contributed by atoms with Gasteiger partial charge in [-0.25, -0.2) is 0 Å². The fourth-order valence-electron chi connectivity index (χ4n) is 2.12. The third-order valence-corrected chi connectivity index (χ3v) is 3.21. The van der Waals surface area contributed by atoms with Crippen molar-refractivity contribution in [3.05, 3.63) is 58.7 Å². The number of rotatable bonds is 3. The molecule has 0 aromatic heterocycles. The van der Waals surface area contributed by atoms with E-state index in [9.17, 15) is 18.0 Å². The van der Waals surface area contributed by atoms with Crippen LogP contribution in [0, 0.1) is 11.3 Å². The van der Waals surface area contributed by atoms with Crippen LogP contribution in [0.4, 0.5) is 13.2 Å². The second kappa shape index (κ2) is 6.00. The fourth-order valence-corrected chi connectivity index (χ4v) is 2.12. The summed E-state index contributed by atoms with van der Waals surface area (Å²) in [5.74, 6) is 0. The van der Waals surface area contributed by atoms with Gasteiger partial charge in [-0.15, -0.1) is 0 Å². The van der Waals surface area contributed by atoms with E-state index in [1.165, 1.54) is 30.3 Å². The van der Waals surface area contributed by atoms with Gasteiger partial charge >= 0.3 is 6.18 Å². The third-order valence-electron chi connectivity index (χ3n) is 3.21. The number of halogens is 3. The molecule has 0 aliphatic carbocycles. The van der Waals surface area contributed by atoms with E-state index in [0.717, 1.165) is 6.07 Å². The summed E-state index contributed by atoms with van der Waals surface area (Å²) in [5.41, 5.74) is -0.521. The number of alkyl halides is 3. The molecular formula is C16H10F3NO2. The van der Waals surface area contributed by atoms with Crippen LogP contribution in [0.25, 0.3) is 11.1 Å². The summed E-state index contributed by atoms with van der Waals surface area (Å²) in [5, 5.41) is 17.8. The van der Waals surface area contributed by atoms with Gasteiger partial charge in [-0.3, -0.25) is 4.79 Å². The van der Waals surface area contributed by atoms with Gasteiger partial charge in [0.25, 0.3) is 0 Å². The molecule has 0 fully saturated rings. The first-order chi connectivity index (χ1) is 10.4. The van der Waals surface area contributed by atoms with Crippen molar-refractivity contribution in [3.8, 4) is 17.2 Å². The first kappa shape index (κ1) is 15.7. The Hall–Kier alpha value is -2.65. The van der Waals surface area contributed by atoms with Crippen molar-refractivity contribution in [3.63, 3.8) is 0 Å². The van der Waals surface area contributed by atoms with Crippen molar-refractivity contribution in [2.24, 2.45) is 0 Å². The van der Waals surface area contributed by atoms with Crippen LogP contribution in [0.3, 0.4) is 0 Å². The van der Waals surface area contributed by atoms with E-state index in [0.29, 0.717) is 11.8 Å². The molecule has 0 atom stereocenters. The van der Waals surface area contributed by atoms with Crippen LogP contribution in [0.1, 0.15) is 27.0 Å². The number of benzene rings is 2. The number of aliphatic hydroxyl groups excluding tert-OH is 1. The molecule has 0 saturated carbocycles. The molecule has 0 aliphatic heterocycles. The van der Waals surface area contributed by atoms with Gasteiger partial charge in [-0.2, -0.15) is 18.4 Å². The zero-order valence-corrected chi connectivity index (χ0v) is 11.2. The smallest absolute Gasteiger partial charge is 0.392 e. The molecule has 1 N–H and O–H groups in total. The number of hydrogen-bond donors (Lipinski definition) is 1. The molecule has 2 rings (SSSR count). The molecule has 3 nitrogen and oxygen atoms in total. The third kappa shape index (κ3) is 3.00. The van der Waals surface area contributed by atoms with Gasteiger partial charge < -0.3 is 5.11 Å². The summed E-state index contributed by atoms with van der Waals surface area (Å²) < 4.78 is 39.5. The molecule has 0 bridgehead atoms. The Labute approximate surface area is 124 Å². The van der Waals surface area contributed by atoms with Crippen LogP contribution in [0.15, 0.2) is 36.4 Å². The van der Waals surface area contributed by atoms with Crippen LogP contribution >= 0.6 is 0 Å². The quantitative estimate of drug-likeness (QED) is 0.882. The maximum absolute atomic E-state index is 13.2. The molecule has 0 heterocycles. The van der Waals surface area contributed by atoms with E-state index in [-0.39, 0.29) is 28.9 Å². The summed E-state index contributed by atoms with van der Waals surface area (Å²) in [6.07, 6.45) is -4.15. The van der Waals surface area contributed by atoms with Crippen LogP contribution in [-0.4, -0.2) is 11.4 Å². The van der Waals surface area contributed by atoms with Crippen molar-refractivity contribution >= 4 is 6.29 Å². The van der Waals surface area contributed by atoms with E-state index in [1.807, 2.05) is 0 Å². The molecule has 22 heavy (non-hydrogen) atoms. The Morgan fingerprint density at radius 1 is 1.18 bits per heavy atom. The van der Waals surface area contributed by atoms with E-state index in [4.69, 9.17) is 10.4 Å². The topological polar surface area (TPSA) is 61.1 Å². The predicted molar refractivity (Wildman–Crippen MR) is 72.9 cm³/mol. The second-order valence-corrected chi connectivity index (χ2v) is 4.56. The molecule has 112 valence electrons. The fraction of sp³-hybridized carbons (Fsp3) is 0.125. The monoisotopic (exact) mass is 305 g/mol. The van der Waals surface area contributed by atoms with Crippen molar-refractivity contribution in [1.82, 2.24) is 0 Å². The summed E-state index contributed by atoms with van der Waals surface area (Å²) in [6.45, 7) is -0.381. The maximum Gasteiger partial charge on any atom is 0.417 e. The molecule has 6 heteroatoms. The SMILES string of the molecule is N#Cc1ccc(-c2ccc(CO)c(C=O)c2)c(C(F)(F)F)c1. The van der Waals surface area contributed by atoms with Gasteiger partial charge in [0.15, 0.2) is 0 Å². The minimum absolute atomic E-state index is 0.0985. The molecule has 0 amide bonds. The van der Waals surface area contributed by atoms with Gasteiger partial charge in [0.1, 0.15) is 6.29 Å². The van der Waals surface area contributed by atoms with E-state index in [1.54, 1.807) is 6.07 Å². The Morgan fingerprint density at radius 3 is 2.45 bits per heavy atom. The van der Waals surface area contributed by atoms with Crippen LogP contribution in [-0.2, 0) is 12.8 Å². The highest BCUT2D eigenvalue weighted by Crippen LogP contribution is 2.38. The van der Waals surface area contributed by atoms with E-state index in [2.05, 4.69) is 0 Å². The number of aldehydes is 1. The summed E-state index contributed by atoms with van der Waals surface area (Å²) in [4.78, 5) is 11.0. The number of aliphatic hydroxyl groups is 1. The molecule has 0 saturated heterocycles. The van der Waals surface area contributed by atoms with E-state index >= 15 is 0 Å². The Balaban J connectivity index is 2.67. The average molecular weight is 305 g/mol. The Morgan fingerprint density at radius 2 is 1.91 bits per heavy atom. The van der Waals surface area contributed by atoms with Gasteiger partial charge in [0.2, 0.25) is 0 Å². The minimum Gasteiger partial charge on any atom is -0.392 e. The highest BCUT2D eigenvalue weighted by molar-refractivity contribution is 5.82. The Kier molecular flexibility index (Phi) is 4.29. The van der Waals surface area contributed by atoms with Crippen molar-refractivity contribution in [2.45, 2.75) is 12.8 Å². The first-order valence-electron chi connectivity index (χ1n) is 6.21. The molecule has 0 radical (unpaired) electrons. The molecule has 0 spiro atoms. The minimum atomic E-state index is -4.63. The number of nitrogens with zero attached hydrogens (tertiary/aromatic N) is 1. The lowest BCUT2D eigenvalue weighted by Crippen LogP contribution is -2.08. The Bertz CT molecular complexity index is 761. The van der Waals surface area contributed by atoms with E-state index < -0.39 is 11.7 Å². The molecule has 2 aromatic rings. The van der Waals surface area contributed by atoms with Crippen LogP contribution in [0.2, 0.25) is 0 Å². The van der Waals surface area contributed by atoms with Crippen LogP contribution < -0.4 is 0 Å². The number of nitriles is 1. The summed E-state index contributed by atoms with van der Waals surface area (Å²) >= 11 is 0. The van der Waals surface area contributed by atoms with Crippen molar-refractivity contribution < 1.29 is 23.1 Å². The molecule has 0 aliphatic rings. The zero-order chi connectivity index (χ0) is 16.3. The standard InChI is InChI=1S/C16H10F3NO2/c17-16(18,19)15-5-10(7-20)1-4-14(15)11-2-3-12(8-21)13(6-11)9-22/h1-6,9,21H,8H2. The lowest BCUT2D eigenvalue weighted by molar-refractivity contribution is -0.137. The first-order valence-corrected chi connectivity index (χ1v) is 6.21. The average Bonchev–Trinajstić information content (AvgIpc) is 2.52. The van der Waals surface area contributed by atoms with Gasteiger partial charge in [0, 0.05) is 5.56 Å². The number of carbonyl (C=O) groups is 1. The van der Waals surface area contributed by atoms with Crippen molar-refractivity contribution in [2.75, 3.05) is 0 Å². The normalized spacial score (nSPS) is 11.0. The summed E-state index contributed by atoms with van der Waals surface area (Å²) in [7, 11) is 0. The summed E-state index contributed by atoms with van der Waals surface area (Å²) in [6, 6.07) is 9.01. The second-order valence-electron chi connectivity index (χ2n) is 4.56. The largest absolute Gasteiger partial charge is 0.417 e. The number of hydrogen-bond acceptors (Lipinski definition) is 3. The molecular weight excluding hydrogens is 295 g/mol. The van der Waals surface area contributed by atoms with Gasteiger partial charge in [-0.05, 0) is 34.9 Å². The highest BCUT2D eigenvalue weighted by atomic mass is 19.4. The molecule has 2 aromatic carbocycles. The van der Waals surface area contributed by atoms with Crippen LogP contribution in [0.5, 0.6) is 0 Å². The highest BCUT2D eigenvalue weighted by Gasteiger charge is 2.34. The number of carbonyl (C=O) groups excluding carboxylic acids is 1. The lowest BCUT2D eigenvalue weighted by Gasteiger charge is -2.14. The zero-order valence-electron chi connectivity index (χ0n) is 11.2. The van der Waals surface area contributed by atoms with Gasteiger partial charge in [-0.1, -0.05) is 18.2 Å². The maximum atomic E-state index is 13.2. The predicted octanol–water partition coefficient (Wildman–Crippen LogP) is 3.55. The van der Waals surface area contributed by atoms with Crippen molar-refractivity contribution in [1.29, 1.82) is 5.26 Å².